The molecule has 1 amide bonds. The Labute approximate surface area is 170 Å². The lowest BCUT2D eigenvalue weighted by Gasteiger charge is -2.31. The SMILES string of the molecule is Cc1cc(C)c(S(=O)(=O)NCC2CCN(C(=O)c3snnc3C)CC2)c(C)c1. The van der Waals surface area contributed by atoms with Crippen LogP contribution in [0.1, 0.15) is 44.9 Å². The van der Waals surface area contributed by atoms with Gasteiger partial charge >= 0.3 is 0 Å². The van der Waals surface area contributed by atoms with Crippen LogP contribution < -0.4 is 4.72 Å². The highest BCUT2D eigenvalue weighted by atomic mass is 32.2. The number of aryl methyl sites for hydroxylation is 4. The first-order valence-corrected chi connectivity index (χ1v) is 11.6. The highest BCUT2D eigenvalue weighted by Gasteiger charge is 2.27. The van der Waals surface area contributed by atoms with E-state index in [-0.39, 0.29) is 11.8 Å². The van der Waals surface area contributed by atoms with E-state index in [2.05, 4.69) is 14.3 Å². The topological polar surface area (TPSA) is 92.3 Å². The zero-order valence-corrected chi connectivity index (χ0v) is 18.3. The van der Waals surface area contributed by atoms with Gasteiger partial charge in [-0.1, -0.05) is 22.2 Å². The lowest BCUT2D eigenvalue weighted by Crippen LogP contribution is -2.41. The van der Waals surface area contributed by atoms with Crippen molar-refractivity contribution in [3.63, 3.8) is 0 Å². The van der Waals surface area contributed by atoms with Crippen molar-refractivity contribution >= 4 is 27.5 Å². The molecule has 1 saturated heterocycles. The first-order valence-electron chi connectivity index (χ1n) is 9.35. The van der Waals surface area contributed by atoms with E-state index in [0.717, 1.165) is 41.1 Å². The third-order valence-corrected chi connectivity index (χ3v) is 7.73. The van der Waals surface area contributed by atoms with E-state index in [9.17, 15) is 13.2 Å². The molecule has 0 unspecified atom stereocenters. The molecular weight excluding hydrogens is 396 g/mol. The van der Waals surface area contributed by atoms with Crippen molar-refractivity contribution in [2.75, 3.05) is 19.6 Å². The molecule has 0 spiro atoms. The third-order valence-electron chi connectivity index (χ3n) is 5.18. The van der Waals surface area contributed by atoms with E-state index in [1.807, 2.05) is 37.8 Å². The zero-order valence-electron chi connectivity index (χ0n) is 16.7. The van der Waals surface area contributed by atoms with Gasteiger partial charge < -0.3 is 4.90 Å². The molecule has 3 rings (SSSR count). The van der Waals surface area contributed by atoms with Gasteiger partial charge in [-0.15, -0.1) is 5.10 Å². The summed E-state index contributed by atoms with van der Waals surface area (Å²) in [7, 11) is -3.55. The first-order chi connectivity index (χ1) is 13.2. The largest absolute Gasteiger partial charge is 0.338 e. The standard InChI is InChI=1S/C19H26N4O3S2/c1-12-9-13(2)18(14(3)10-12)28(25,26)20-11-16-5-7-23(8-6-16)19(24)17-15(4)21-22-27-17/h9-10,16,20H,5-8,11H2,1-4H3. The Morgan fingerprint density at radius 3 is 2.32 bits per heavy atom. The van der Waals surface area contributed by atoms with Gasteiger partial charge in [0, 0.05) is 19.6 Å². The second kappa shape index (κ2) is 8.26. The second-order valence-electron chi connectivity index (χ2n) is 7.50. The molecule has 1 aliphatic heterocycles. The van der Waals surface area contributed by atoms with E-state index in [4.69, 9.17) is 0 Å². The molecule has 28 heavy (non-hydrogen) atoms. The van der Waals surface area contributed by atoms with Crippen molar-refractivity contribution in [1.82, 2.24) is 19.2 Å². The van der Waals surface area contributed by atoms with E-state index >= 15 is 0 Å². The third kappa shape index (κ3) is 4.42. The van der Waals surface area contributed by atoms with Gasteiger partial charge in [-0.25, -0.2) is 13.1 Å². The summed E-state index contributed by atoms with van der Waals surface area (Å²) in [4.78, 5) is 15.3. The number of benzene rings is 1. The predicted molar refractivity (Wildman–Crippen MR) is 109 cm³/mol. The molecule has 1 aromatic carbocycles. The maximum absolute atomic E-state index is 12.8. The molecular formula is C19H26N4O3S2. The van der Waals surface area contributed by atoms with Gasteiger partial charge in [0.15, 0.2) is 0 Å². The van der Waals surface area contributed by atoms with Gasteiger partial charge in [-0.3, -0.25) is 4.79 Å². The van der Waals surface area contributed by atoms with Crippen LogP contribution in [0.25, 0.3) is 0 Å². The van der Waals surface area contributed by atoms with E-state index in [1.54, 1.807) is 6.92 Å². The maximum Gasteiger partial charge on any atom is 0.267 e. The second-order valence-corrected chi connectivity index (χ2v) is 9.96. The highest BCUT2D eigenvalue weighted by molar-refractivity contribution is 7.89. The Balaban J connectivity index is 1.58. The summed E-state index contributed by atoms with van der Waals surface area (Å²) in [5, 5.41) is 3.90. The van der Waals surface area contributed by atoms with Gasteiger partial charge in [0.05, 0.1) is 10.6 Å². The van der Waals surface area contributed by atoms with Crippen LogP contribution >= 0.6 is 11.5 Å². The van der Waals surface area contributed by atoms with Crippen LogP contribution in [0.15, 0.2) is 17.0 Å². The maximum atomic E-state index is 12.8. The Kier molecular flexibility index (Phi) is 6.16. The molecule has 152 valence electrons. The molecule has 0 bridgehead atoms. The number of hydrogen-bond acceptors (Lipinski definition) is 6. The molecule has 0 atom stereocenters. The van der Waals surface area contributed by atoms with Gasteiger partial charge in [0.2, 0.25) is 10.0 Å². The number of likely N-dealkylation sites (tertiary alicyclic amines) is 1. The number of aromatic nitrogens is 2. The Morgan fingerprint density at radius 1 is 1.18 bits per heavy atom. The Hall–Kier alpha value is -1.84. The van der Waals surface area contributed by atoms with Crippen molar-refractivity contribution in [3.05, 3.63) is 39.4 Å². The highest BCUT2D eigenvalue weighted by Crippen LogP contribution is 2.24. The van der Waals surface area contributed by atoms with Gasteiger partial charge in [0.1, 0.15) is 4.88 Å². The lowest BCUT2D eigenvalue weighted by molar-refractivity contribution is 0.0696. The summed E-state index contributed by atoms with van der Waals surface area (Å²) in [5.74, 6) is 0.183. The number of hydrogen-bond donors (Lipinski definition) is 1. The fourth-order valence-electron chi connectivity index (χ4n) is 3.80. The average Bonchev–Trinajstić information content (AvgIpc) is 3.04. The lowest BCUT2D eigenvalue weighted by atomic mass is 9.97. The van der Waals surface area contributed by atoms with E-state index < -0.39 is 10.0 Å². The summed E-state index contributed by atoms with van der Waals surface area (Å²) in [6.07, 6.45) is 1.54. The molecule has 2 heterocycles. The molecule has 0 radical (unpaired) electrons. The fraction of sp³-hybridized carbons (Fsp3) is 0.526. The summed E-state index contributed by atoms with van der Waals surface area (Å²) in [6, 6.07) is 3.78. The molecule has 1 aromatic heterocycles. The van der Waals surface area contributed by atoms with Gasteiger partial charge in [-0.05, 0) is 69.1 Å². The number of nitrogens with one attached hydrogen (secondary N) is 1. The Bertz CT molecular complexity index is 954. The minimum absolute atomic E-state index is 0.0302. The number of rotatable bonds is 5. The number of carbonyl (C=O) groups excluding carboxylic acids is 1. The van der Waals surface area contributed by atoms with Crippen LogP contribution in [-0.2, 0) is 10.0 Å². The van der Waals surface area contributed by atoms with Crippen LogP contribution in [0.3, 0.4) is 0 Å². The van der Waals surface area contributed by atoms with Crippen molar-refractivity contribution < 1.29 is 13.2 Å². The van der Waals surface area contributed by atoms with Crippen molar-refractivity contribution in [1.29, 1.82) is 0 Å². The summed E-state index contributed by atoms with van der Waals surface area (Å²) < 4.78 is 32.2. The minimum Gasteiger partial charge on any atom is -0.338 e. The Morgan fingerprint density at radius 2 is 1.79 bits per heavy atom. The van der Waals surface area contributed by atoms with E-state index in [1.165, 1.54) is 0 Å². The monoisotopic (exact) mass is 422 g/mol. The molecule has 9 heteroatoms. The number of sulfonamides is 1. The van der Waals surface area contributed by atoms with Crippen LogP contribution in [0, 0.1) is 33.6 Å². The van der Waals surface area contributed by atoms with Crippen molar-refractivity contribution in [2.24, 2.45) is 5.92 Å². The van der Waals surface area contributed by atoms with Gasteiger partial charge in [0.25, 0.3) is 5.91 Å². The van der Waals surface area contributed by atoms with Gasteiger partial charge in [-0.2, -0.15) is 0 Å². The molecule has 0 saturated carbocycles. The number of nitrogens with zero attached hydrogens (tertiary/aromatic N) is 3. The molecule has 2 aromatic rings. The minimum atomic E-state index is -3.55. The van der Waals surface area contributed by atoms with Crippen LogP contribution in [0.4, 0.5) is 0 Å². The number of carbonyl (C=O) groups is 1. The smallest absolute Gasteiger partial charge is 0.267 e. The summed E-state index contributed by atoms with van der Waals surface area (Å²) in [6.45, 7) is 9.02. The van der Waals surface area contributed by atoms with Crippen LogP contribution in [0.2, 0.25) is 0 Å². The quantitative estimate of drug-likeness (QED) is 0.800. The fourth-order valence-corrected chi connectivity index (χ4v) is 5.99. The zero-order chi connectivity index (χ0) is 20.5. The van der Waals surface area contributed by atoms with E-state index in [0.29, 0.717) is 35.1 Å². The molecule has 1 N–H and O–H groups in total. The normalized spacial score (nSPS) is 15.8. The first kappa shape index (κ1) is 20.9. The summed E-state index contributed by atoms with van der Waals surface area (Å²) in [5.41, 5.74) is 3.24. The predicted octanol–water partition coefficient (Wildman–Crippen LogP) is 2.60. The van der Waals surface area contributed by atoms with Crippen LogP contribution in [0.5, 0.6) is 0 Å². The number of piperidine rings is 1. The molecule has 1 fully saturated rings. The summed E-state index contributed by atoms with van der Waals surface area (Å²) >= 11 is 1.12. The molecule has 0 aliphatic carbocycles. The number of amides is 1. The van der Waals surface area contributed by atoms with Crippen molar-refractivity contribution in [3.8, 4) is 0 Å². The molecule has 1 aliphatic rings. The van der Waals surface area contributed by atoms with Crippen molar-refractivity contribution in [2.45, 2.75) is 45.4 Å². The average molecular weight is 423 g/mol. The van der Waals surface area contributed by atoms with Crippen LogP contribution in [-0.4, -0.2) is 48.4 Å². The molecule has 7 nitrogen and oxygen atoms in total.